The molecule has 4 unspecified atom stereocenters. The number of hydrogen-bond acceptors (Lipinski definition) is 9. The molecule has 0 heterocycles. The number of carbonyl (C=O) groups excluding carboxylic acids is 4. The van der Waals surface area contributed by atoms with Crippen LogP contribution in [0, 0.1) is 0 Å². The first-order valence-electron chi connectivity index (χ1n) is 9.63. The van der Waals surface area contributed by atoms with Gasteiger partial charge in [-0.1, -0.05) is 0 Å². The van der Waals surface area contributed by atoms with Gasteiger partial charge in [0.15, 0.2) is 0 Å². The van der Waals surface area contributed by atoms with Crippen molar-refractivity contribution in [3.8, 4) is 0 Å². The molecule has 0 fully saturated rings. The molecule has 0 rings (SSSR count). The maximum atomic E-state index is 12.5. The molecule has 0 saturated carbocycles. The van der Waals surface area contributed by atoms with Crippen LogP contribution in [0.1, 0.15) is 32.1 Å². The largest absolute Gasteiger partial charge is 0.481 e. The molecule has 32 heavy (non-hydrogen) atoms. The van der Waals surface area contributed by atoms with Crippen molar-refractivity contribution in [2.24, 2.45) is 17.2 Å². The number of hydrogen-bond donors (Lipinski definition) is 9. The summed E-state index contributed by atoms with van der Waals surface area (Å²) >= 11 is 3.93. The van der Waals surface area contributed by atoms with E-state index in [9.17, 15) is 33.9 Å². The van der Waals surface area contributed by atoms with Crippen molar-refractivity contribution in [1.82, 2.24) is 16.0 Å². The van der Waals surface area contributed by atoms with Crippen LogP contribution in [0.25, 0.3) is 0 Å². The van der Waals surface area contributed by atoms with Gasteiger partial charge in [0.25, 0.3) is 0 Å². The Hall–Kier alpha value is -2.91. The number of nitrogens with two attached hydrogens (primary N) is 3. The molecule has 0 saturated heterocycles. The summed E-state index contributed by atoms with van der Waals surface area (Å²) in [7, 11) is 0. The fourth-order valence-corrected chi connectivity index (χ4v) is 2.72. The van der Waals surface area contributed by atoms with E-state index in [0.29, 0.717) is 19.4 Å². The maximum absolute atomic E-state index is 12.5. The first-order chi connectivity index (χ1) is 14.9. The van der Waals surface area contributed by atoms with E-state index in [1.54, 1.807) is 0 Å². The molecule has 0 radical (unpaired) electrons. The minimum absolute atomic E-state index is 0.0757. The molecule has 0 aliphatic rings. The second-order valence-electron chi connectivity index (χ2n) is 6.86. The van der Waals surface area contributed by atoms with Gasteiger partial charge in [0.1, 0.15) is 18.1 Å². The van der Waals surface area contributed by atoms with E-state index in [4.69, 9.17) is 22.3 Å². The number of nitrogens with one attached hydrogen (secondary N) is 3. The fourth-order valence-electron chi connectivity index (χ4n) is 2.46. The van der Waals surface area contributed by atoms with Gasteiger partial charge in [0, 0.05) is 5.75 Å². The predicted octanol–water partition coefficient (Wildman–Crippen LogP) is -3.74. The van der Waals surface area contributed by atoms with Crippen molar-refractivity contribution in [1.29, 1.82) is 0 Å². The zero-order valence-electron chi connectivity index (χ0n) is 17.3. The van der Waals surface area contributed by atoms with E-state index in [1.165, 1.54) is 0 Å². The molecule has 0 aromatic heterocycles. The average Bonchev–Trinajstić information content (AvgIpc) is 2.69. The van der Waals surface area contributed by atoms with Gasteiger partial charge < -0.3 is 43.4 Å². The molecular weight excluding hydrogens is 448 g/mol. The zero-order chi connectivity index (χ0) is 24.8. The predicted molar refractivity (Wildman–Crippen MR) is 114 cm³/mol. The summed E-state index contributed by atoms with van der Waals surface area (Å²) in [6.07, 6.45) is -0.287. The number of unbranched alkanes of at least 4 members (excludes halogenated alkanes) is 1. The summed E-state index contributed by atoms with van der Waals surface area (Å²) < 4.78 is 0. The van der Waals surface area contributed by atoms with E-state index in [1.807, 2.05) is 0 Å². The monoisotopic (exact) mass is 478 g/mol. The van der Waals surface area contributed by atoms with Gasteiger partial charge >= 0.3 is 11.9 Å². The zero-order valence-corrected chi connectivity index (χ0v) is 18.2. The number of primary amides is 1. The molecule has 15 heteroatoms. The first kappa shape index (κ1) is 29.1. The highest BCUT2D eigenvalue weighted by atomic mass is 32.1. The summed E-state index contributed by atoms with van der Waals surface area (Å²) in [5.41, 5.74) is 15.9. The van der Waals surface area contributed by atoms with Crippen molar-refractivity contribution < 1.29 is 39.0 Å². The second kappa shape index (κ2) is 15.0. The minimum atomic E-state index is -1.52. The van der Waals surface area contributed by atoms with Crippen LogP contribution in [0.15, 0.2) is 0 Å². The van der Waals surface area contributed by atoms with Crippen LogP contribution >= 0.6 is 12.6 Å². The van der Waals surface area contributed by atoms with E-state index in [2.05, 4.69) is 28.6 Å². The third-order valence-electron chi connectivity index (χ3n) is 4.15. The van der Waals surface area contributed by atoms with Gasteiger partial charge in [-0.05, 0) is 25.8 Å². The number of carbonyl (C=O) groups is 6. The molecule has 0 bridgehead atoms. The number of amides is 4. The van der Waals surface area contributed by atoms with Gasteiger partial charge in [-0.3, -0.25) is 24.0 Å². The van der Waals surface area contributed by atoms with Crippen LogP contribution in [0.2, 0.25) is 0 Å². The van der Waals surface area contributed by atoms with Gasteiger partial charge in [-0.2, -0.15) is 12.6 Å². The lowest BCUT2D eigenvalue weighted by atomic mass is 10.1. The summed E-state index contributed by atoms with van der Waals surface area (Å²) in [4.78, 5) is 70.3. The first-order valence-corrected chi connectivity index (χ1v) is 10.3. The number of thiol groups is 1. The highest BCUT2D eigenvalue weighted by Crippen LogP contribution is 2.03. The number of rotatable bonds is 16. The SMILES string of the molecule is NCCCCC(NC(=O)C(CC(N)=O)NC(=O)C(CS)NC(=O)C(N)CC(=O)O)C(=O)O. The topological polar surface area (TPSA) is 257 Å². The van der Waals surface area contributed by atoms with Crippen LogP contribution < -0.4 is 33.2 Å². The molecule has 0 aromatic rings. The smallest absolute Gasteiger partial charge is 0.326 e. The molecule has 11 N–H and O–H groups in total. The summed E-state index contributed by atoms with van der Waals surface area (Å²) in [5, 5.41) is 24.6. The number of aliphatic carboxylic acids is 2. The highest BCUT2D eigenvalue weighted by molar-refractivity contribution is 7.80. The Balaban J connectivity index is 5.24. The molecule has 0 aliphatic heterocycles. The third kappa shape index (κ3) is 11.5. The summed E-state index contributed by atoms with van der Waals surface area (Å²) in [6.45, 7) is 0.341. The van der Waals surface area contributed by atoms with Crippen LogP contribution in [0.4, 0.5) is 0 Å². The fraction of sp³-hybridized carbons (Fsp3) is 0.647. The molecular formula is C17H30N6O8S. The molecule has 182 valence electrons. The van der Waals surface area contributed by atoms with Crippen molar-refractivity contribution in [3.63, 3.8) is 0 Å². The number of carboxylic acids is 2. The molecule has 4 amide bonds. The average molecular weight is 479 g/mol. The minimum Gasteiger partial charge on any atom is -0.481 e. The second-order valence-corrected chi connectivity index (χ2v) is 7.23. The lowest BCUT2D eigenvalue weighted by Crippen LogP contribution is -2.58. The Kier molecular flexibility index (Phi) is 13.6. The van der Waals surface area contributed by atoms with Crippen LogP contribution in [-0.2, 0) is 28.8 Å². The van der Waals surface area contributed by atoms with E-state index < -0.39 is 72.6 Å². The van der Waals surface area contributed by atoms with Gasteiger partial charge in [0.2, 0.25) is 23.6 Å². The van der Waals surface area contributed by atoms with E-state index in [0.717, 1.165) is 0 Å². The Bertz CT molecular complexity index is 707. The van der Waals surface area contributed by atoms with Crippen molar-refractivity contribution in [3.05, 3.63) is 0 Å². The van der Waals surface area contributed by atoms with Gasteiger partial charge in [-0.15, -0.1) is 0 Å². The normalized spacial score (nSPS) is 14.3. The lowest BCUT2D eigenvalue weighted by molar-refractivity contribution is -0.142. The van der Waals surface area contributed by atoms with Crippen molar-refractivity contribution in [2.75, 3.05) is 12.3 Å². The van der Waals surface area contributed by atoms with Crippen LogP contribution in [-0.4, -0.2) is 82.2 Å². The maximum Gasteiger partial charge on any atom is 0.326 e. The van der Waals surface area contributed by atoms with Gasteiger partial charge in [-0.25, -0.2) is 4.79 Å². The van der Waals surface area contributed by atoms with E-state index in [-0.39, 0.29) is 12.2 Å². The molecule has 14 nitrogen and oxygen atoms in total. The highest BCUT2D eigenvalue weighted by Gasteiger charge is 2.31. The van der Waals surface area contributed by atoms with Crippen LogP contribution in [0.5, 0.6) is 0 Å². The van der Waals surface area contributed by atoms with E-state index >= 15 is 0 Å². The third-order valence-corrected chi connectivity index (χ3v) is 4.51. The Morgan fingerprint density at radius 3 is 1.81 bits per heavy atom. The Morgan fingerprint density at radius 1 is 0.812 bits per heavy atom. The Labute approximate surface area is 189 Å². The van der Waals surface area contributed by atoms with Crippen molar-refractivity contribution >= 4 is 48.2 Å². The van der Waals surface area contributed by atoms with Crippen LogP contribution in [0.3, 0.4) is 0 Å². The van der Waals surface area contributed by atoms with Gasteiger partial charge in [0.05, 0.1) is 18.9 Å². The Morgan fingerprint density at radius 2 is 1.34 bits per heavy atom. The molecule has 0 aromatic carbocycles. The summed E-state index contributed by atoms with van der Waals surface area (Å²) in [5.74, 6) is -6.68. The molecule has 4 atom stereocenters. The lowest BCUT2D eigenvalue weighted by Gasteiger charge is -2.24. The number of carboxylic acid groups (broad SMARTS) is 2. The molecule has 0 aliphatic carbocycles. The van der Waals surface area contributed by atoms with Crippen molar-refractivity contribution in [2.45, 2.75) is 56.3 Å². The quantitative estimate of drug-likeness (QED) is 0.0773. The standard InChI is InChI=1S/C17H30N6O8S/c18-4-2-1-3-9(17(30)31)21-15(28)10(6-12(20)24)22-16(29)11(7-32)23-14(27)8(19)5-13(25)26/h8-11,32H,1-7,18-19H2,(H2,20,24)(H,21,28)(H,22,29)(H,23,27)(H,25,26)(H,30,31). The summed E-state index contributed by atoms with van der Waals surface area (Å²) in [6, 6.07) is -5.56. The molecule has 0 spiro atoms.